The molecule has 0 unspecified atom stereocenters. The molecule has 1 aromatic carbocycles. The first-order chi connectivity index (χ1) is 10.2. The molecule has 3 nitrogen and oxygen atoms in total. The summed E-state index contributed by atoms with van der Waals surface area (Å²) in [7, 11) is 0. The Labute approximate surface area is 122 Å². The van der Waals surface area contributed by atoms with Crippen molar-refractivity contribution >= 4 is 5.97 Å². The molecule has 0 bridgehead atoms. The normalized spacial score (nSPS) is 10.2. The molecule has 0 amide bonds. The Bertz CT molecular complexity index is 832. The largest absolute Gasteiger partial charge is 0.478 e. The molecule has 0 atom stereocenters. The van der Waals surface area contributed by atoms with E-state index in [1.165, 1.54) is 0 Å². The topological polar surface area (TPSA) is 61.1 Å². The first-order valence-corrected chi connectivity index (χ1v) is 6.47. The summed E-state index contributed by atoms with van der Waals surface area (Å²) >= 11 is 0. The Balaban J connectivity index is 2.48. The van der Waals surface area contributed by atoms with Gasteiger partial charge in [0.2, 0.25) is 0 Å². The van der Waals surface area contributed by atoms with Crippen molar-refractivity contribution in [2.24, 2.45) is 0 Å². The molecular weight excluding hydrogens is 262 g/mol. The molecule has 0 saturated carbocycles. The number of carbonyl (C=O) groups is 1. The fraction of sp³-hybridized carbons (Fsp3) is 0. The van der Waals surface area contributed by atoms with Gasteiger partial charge in [-0.3, -0.25) is 0 Å². The summed E-state index contributed by atoms with van der Waals surface area (Å²) < 4.78 is 0. The van der Waals surface area contributed by atoms with Gasteiger partial charge in [-0.05, 0) is 11.1 Å². The van der Waals surface area contributed by atoms with Crippen molar-refractivity contribution in [1.82, 2.24) is 0 Å². The molecule has 2 aliphatic carbocycles. The van der Waals surface area contributed by atoms with E-state index in [0.29, 0.717) is 22.3 Å². The Morgan fingerprint density at radius 2 is 1.48 bits per heavy atom. The summed E-state index contributed by atoms with van der Waals surface area (Å²) in [6.07, 6.45) is 0. The van der Waals surface area contributed by atoms with Gasteiger partial charge in [-0.15, -0.1) is 0 Å². The molecule has 0 aromatic heterocycles. The molecular formula is C18H11NO2. The van der Waals surface area contributed by atoms with Crippen LogP contribution in [0.2, 0.25) is 0 Å². The van der Waals surface area contributed by atoms with E-state index in [9.17, 15) is 15.2 Å². The van der Waals surface area contributed by atoms with Crippen molar-refractivity contribution in [3.8, 4) is 28.3 Å². The van der Waals surface area contributed by atoms with Crippen LogP contribution in [0.4, 0.5) is 0 Å². The van der Waals surface area contributed by atoms with Gasteiger partial charge < -0.3 is 5.11 Å². The zero-order valence-electron chi connectivity index (χ0n) is 11.1. The lowest BCUT2D eigenvalue weighted by molar-refractivity contribution is 0.0699. The Morgan fingerprint density at radius 1 is 0.905 bits per heavy atom. The van der Waals surface area contributed by atoms with Crippen molar-refractivity contribution in [1.29, 1.82) is 5.26 Å². The summed E-state index contributed by atoms with van der Waals surface area (Å²) in [5.41, 5.74) is 3.08. The van der Waals surface area contributed by atoms with Gasteiger partial charge >= 0.3 is 5.97 Å². The molecule has 0 radical (unpaired) electrons. The summed E-state index contributed by atoms with van der Waals surface area (Å²) in [6, 6.07) is 20.3. The van der Waals surface area contributed by atoms with E-state index in [1.807, 2.05) is 42.5 Å². The molecule has 0 saturated heterocycles. The monoisotopic (exact) mass is 273 g/mol. The molecule has 1 aromatic rings. The highest BCUT2D eigenvalue weighted by Gasteiger charge is 2.27. The van der Waals surface area contributed by atoms with Crippen molar-refractivity contribution in [2.75, 3.05) is 0 Å². The number of carboxylic acids is 1. The van der Waals surface area contributed by atoms with Crippen molar-refractivity contribution in [3.63, 3.8) is 0 Å². The number of nitrogens with zero attached hydrogens (tertiary/aromatic N) is 1. The van der Waals surface area contributed by atoms with Crippen LogP contribution in [-0.2, 0) is 0 Å². The molecule has 0 heterocycles. The average molecular weight is 273 g/mol. The van der Waals surface area contributed by atoms with E-state index in [-0.39, 0.29) is 5.56 Å². The van der Waals surface area contributed by atoms with Crippen LogP contribution < -0.4 is 0 Å². The molecule has 2 aliphatic rings. The third-order valence-electron chi connectivity index (χ3n) is 3.46. The number of aromatic carboxylic acids is 1. The molecule has 3 rings (SSSR count). The number of hydrogen-bond donors (Lipinski definition) is 1. The number of fused-ring (bicyclic) bond motifs is 1. The number of benzene rings is 1. The highest BCUT2D eigenvalue weighted by molar-refractivity contribution is 6.08. The molecule has 21 heavy (non-hydrogen) atoms. The first-order valence-electron chi connectivity index (χ1n) is 6.47. The maximum Gasteiger partial charge on any atom is 0.337 e. The van der Waals surface area contributed by atoms with Crippen molar-refractivity contribution in [3.05, 3.63) is 71.8 Å². The number of hydrogen-bond acceptors (Lipinski definition) is 2. The summed E-state index contributed by atoms with van der Waals surface area (Å²) in [5.74, 6) is -1.02. The van der Waals surface area contributed by atoms with Crippen LogP contribution >= 0.6 is 0 Å². The fourth-order valence-corrected chi connectivity index (χ4v) is 2.61. The van der Waals surface area contributed by atoms with Crippen LogP contribution in [0.5, 0.6) is 0 Å². The lowest BCUT2D eigenvalue weighted by Crippen LogP contribution is -1.98. The minimum Gasteiger partial charge on any atom is -0.478 e. The van der Waals surface area contributed by atoms with E-state index >= 15 is 0 Å². The Hall–Kier alpha value is -3.12. The molecule has 1 N–H and O–H groups in total. The van der Waals surface area contributed by atoms with Crippen LogP contribution in [0.15, 0.2) is 60.7 Å². The van der Waals surface area contributed by atoms with Gasteiger partial charge in [0.1, 0.15) is 6.07 Å². The van der Waals surface area contributed by atoms with E-state index in [2.05, 4.69) is 6.07 Å². The number of carboxylic acid groups (broad SMARTS) is 1. The second-order valence-electron chi connectivity index (χ2n) is 4.65. The van der Waals surface area contributed by atoms with E-state index in [1.54, 1.807) is 18.2 Å². The lowest BCUT2D eigenvalue weighted by atomic mass is 10.0. The van der Waals surface area contributed by atoms with Crippen molar-refractivity contribution in [2.45, 2.75) is 0 Å². The van der Waals surface area contributed by atoms with Gasteiger partial charge in [-0.1, -0.05) is 60.7 Å². The van der Waals surface area contributed by atoms with Crippen LogP contribution in [0.25, 0.3) is 22.3 Å². The highest BCUT2D eigenvalue weighted by atomic mass is 16.4. The van der Waals surface area contributed by atoms with E-state index in [0.717, 1.165) is 5.56 Å². The predicted molar refractivity (Wildman–Crippen MR) is 80.2 cm³/mol. The standard InChI is InChI=1S/C18H11NO2/c19-11-15-13-9-5-2-6-10-14(13)17(18(20)21)16(15)12-7-3-1-4-8-12/h1-10H,(H,20,21). The molecule has 0 fully saturated rings. The van der Waals surface area contributed by atoms with Gasteiger partial charge in [0.05, 0.1) is 11.1 Å². The highest BCUT2D eigenvalue weighted by Crippen LogP contribution is 2.41. The minimum absolute atomic E-state index is 0.184. The van der Waals surface area contributed by atoms with Crippen molar-refractivity contribution < 1.29 is 9.90 Å². The quantitative estimate of drug-likeness (QED) is 0.766. The van der Waals surface area contributed by atoms with Gasteiger partial charge in [0.25, 0.3) is 0 Å². The predicted octanol–water partition coefficient (Wildman–Crippen LogP) is 4.03. The summed E-state index contributed by atoms with van der Waals surface area (Å²) in [5, 5.41) is 19.1. The maximum atomic E-state index is 11.7. The third kappa shape index (κ3) is 2.03. The summed E-state index contributed by atoms with van der Waals surface area (Å²) in [4.78, 5) is 11.7. The first kappa shape index (κ1) is 12.9. The van der Waals surface area contributed by atoms with Gasteiger partial charge in [-0.25, -0.2) is 4.79 Å². The summed E-state index contributed by atoms with van der Waals surface area (Å²) in [6.45, 7) is 0. The molecule has 3 heteroatoms. The van der Waals surface area contributed by atoms with Crippen LogP contribution in [0.1, 0.15) is 15.9 Å². The number of rotatable bonds is 2. The van der Waals surface area contributed by atoms with Crippen LogP contribution in [-0.4, -0.2) is 11.1 Å². The van der Waals surface area contributed by atoms with E-state index < -0.39 is 5.97 Å². The van der Waals surface area contributed by atoms with Crippen LogP contribution in [0.3, 0.4) is 0 Å². The fourth-order valence-electron chi connectivity index (χ4n) is 2.61. The van der Waals surface area contributed by atoms with Crippen LogP contribution in [0, 0.1) is 11.3 Å². The SMILES string of the molecule is N#Cc1c2cccccc-2c(C(=O)O)c1-c1ccccc1. The Kier molecular flexibility index (Phi) is 3.13. The van der Waals surface area contributed by atoms with Gasteiger partial charge in [0, 0.05) is 11.1 Å². The zero-order valence-corrected chi connectivity index (χ0v) is 11.1. The van der Waals surface area contributed by atoms with Gasteiger partial charge in [-0.2, -0.15) is 5.26 Å². The molecule has 0 aliphatic heterocycles. The number of nitriles is 1. The maximum absolute atomic E-state index is 11.7. The Morgan fingerprint density at radius 3 is 2.05 bits per heavy atom. The molecule has 100 valence electrons. The van der Waals surface area contributed by atoms with Gasteiger partial charge in [0.15, 0.2) is 0 Å². The second kappa shape index (κ2) is 5.10. The smallest absolute Gasteiger partial charge is 0.337 e. The zero-order chi connectivity index (χ0) is 14.8. The third-order valence-corrected chi connectivity index (χ3v) is 3.46. The lowest BCUT2D eigenvalue weighted by Gasteiger charge is -2.02. The average Bonchev–Trinajstić information content (AvgIpc) is 2.64. The molecule has 0 spiro atoms. The van der Waals surface area contributed by atoms with E-state index in [4.69, 9.17) is 0 Å². The minimum atomic E-state index is -1.02. The second-order valence-corrected chi connectivity index (χ2v) is 4.65.